The van der Waals surface area contributed by atoms with Gasteiger partial charge in [0.25, 0.3) is 0 Å². The average molecular weight is 223 g/mol. The molecule has 0 aliphatic carbocycles. The first-order valence-electron chi connectivity index (χ1n) is 2.13. The summed E-state index contributed by atoms with van der Waals surface area (Å²) >= 11 is 0. The van der Waals surface area contributed by atoms with Gasteiger partial charge < -0.3 is 5.11 Å². The number of para-hydroxylation sites is 1. The van der Waals surface area contributed by atoms with Gasteiger partial charge in [0.1, 0.15) is 5.75 Å². The van der Waals surface area contributed by atoms with Gasteiger partial charge in [-0.3, -0.25) is 0 Å². The number of benzene rings is 1. The van der Waals surface area contributed by atoms with Crippen LogP contribution in [-0.2, 0) is 17.1 Å². The van der Waals surface area contributed by atoms with E-state index in [4.69, 9.17) is 5.11 Å². The van der Waals surface area contributed by atoms with Gasteiger partial charge in [0, 0.05) is 17.1 Å². The average Bonchev–Trinajstić information content (AvgIpc) is 1.69. The van der Waals surface area contributed by atoms with Crippen molar-refractivity contribution in [1.82, 2.24) is 0 Å². The SMILES string of the molecule is Cl.Cl.Oc1ccccc1.[Fe]. The monoisotopic (exact) mass is 222 g/mol. The Hall–Kier alpha value is 0.119. The Bertz CT molecular complexity index is 146. The standard InChI is InChI=1S/C6H6O.2ClH.Fe/c7-6-4-2-1-3-5-6;;;/h1-5,7H;2*1H;. The Kier molecular flexibility index (Phi) is 15.1. The molecule has 0 amide bonds. The van der Waals surface area contributed by atoms with E-state index in [0.717, 1.165) is 0 Å². The summed E-state index contributed by atoms with van der Waals surface area (Å²) in [5, 5.41) is 8.63. The first-order chi connectivity index (χ1) is 3.39. The Labute approximate surface area is 83.1 Å². The van der Waals surface area contributed by atoms with Crippen molar-refractivity contribution >= 4 is 24.8 Å². The van der Waals surface area contributed by atoms with Gasteiger partial charge in [-0.15, -0.1) is 24.8 Å². The van der Waals surface area contributed by atoms with Crippen molar-refractivity contribution in [2.75, 3.05) is 0 Å². The second kappa shape index (κ2) is 9.12. The number of halogens is 2. The molecule has 1 aromatic rings. The predicted octanol–water partition coefficient (Wildman–Crippen LogP) is 2.23. The van der Waals surface area contributed by atoms with Crippen molar-refractivity contribution in [3.63, 3.8) is 0 Å². The molecule has 0 bridgehead atoms. The van der Waals surface area contributed by atoms with Crippen LogP contribution in [0.25, 0.3) is 0 Å². The molecular formula is C6H8Cl2FeO. The van der Waals surface area contributed by atoms with Crippen LogP contribution >= 0.6 is 24.8 Å². The van der Waals surface area contributed by atoms with Crippen molar-refractivity contribution < 1.29 is 22.2 Å². The smallest absolute Gasteiger partial charge is 0.115 e. The molecule has 4 heteroatoms. The van der Waals surface area contributed by atoms with E-state index in [1.807, 2.05) is 6.07 Å². The van der Waals surface area contributed by atoms with Gasteiger partial charge in [-0.05, 0) is 12.1 Å². The fourth-order valence-corrected chi connectivity index (χ4v) is 0.428. The molecule has 0 aliphatic heterocycles. The van der Waals surface area contributed by atoms with Crippen molar-refractivity contribution in [3.05, 3.63) is 30.3 Å². The van der Waals surface area contributed by atoms with E-state index < -0.39 is 0 Å². The maximum Gasteiger partial charge on any atom is 0.115 e. The van der Waals surface area contributed by atoms with Crippen LogP contribution in [0.2, 0.25) is 0 Å². The molecule has 0 spiro atoms. The van der Waals surface area contributed by atoms with Crippen LogP contribution in [-0.4, -0.2) is 5.11 Å². The summed E-state index contributed by atoms with van der Waals surface area (Å²) in [5.74, 6) is 0.322. The van der Waals surface area contributed by atoms with Gasteiger partial charge in [0.05, 0.1) is 0 Å². The molecule has 1 rings (SSSR count). The van der Waals surface area contributed by atoms with E-state index in [2.05, 4.69) is 0 Å². The second-order valence-electron chi connectivity index (χ2n) is 1.34. The molecule has 1 nitrogen and oxygen atoms in total. The molecule has 0 radical (unpaired) electrons. The summed E-state index contributed by atoms with van der Waals surface area (Å²) in [4.78, 5) is 0. The molecule has 1 aromatic carbocycles. The van der Waals surface area contributed by atoms with Crippen LogP contribution in [0.15, 0.2) is 30.3 Å². The van der Waals surface area contributed by atoms with Gasteiger partial charge in [-0.1, -0.05) is 18.2 Å². The van der Waals surface area contributed by atoms with E-state index in [1.54, 1.807) is 24.3 Å². The van der Waals surface area contributed by atoms with Crippen molar-refractivity contribution in [1.29, 1.82) is 0 Å². The summed E-state index contributed by atoms with van der Waals surface area (Å²) in [7, 11) is 0. The molecule has 0 saturated carbocycles. The van der Waals surface area contributed by atoms with Crippen LogP contribution in [0.3, 0.4) is 0 Å². The van der Waals surface area contributed by atoms with Gasteiger partial charge in [-0.2, -0.15) is 0 Å². The minimum atomic E-state index is 0. The zero-order chi connectivity index (χ0) is 5.11. The van der Waals surface area contributed by atoms with Gasteiger partial charge in [0.2, 0.25) is 0 Å². The molecular weight excluding hydrogens is 215 g/mol. The zero-order valence-electron chi connectivity index (χ0n) is 5.00. The molecule has 0 fully saturated rings. The molecule has 0 aliphatic rings. The minimum Gasteiger partial charge on any atom is -0.508 e. The Morgan fingerprint density at radius 3 is 1.50 bits per heavy atom. The number of rotatable bonds is 0. The number of aromatic hydroxyl groups is 1. The van der Waals surface area contributed by atoms with E-state index in [9.17, 15) is 0 Å². The summed E-state index contributed by atoms with van der Waals surface area (Å²) in [5.41, 5.74) is 0. The summed E-state index contributed by atoms with van der Waals surface area (Å²) in [6.07, 6.45) is 0. The van der Waals surface area contributed by atoms with Crippen LogP contribution < -0.4 is 0 Å². The quantitative estimate of drug-likeness (QED) is 0.668. The Morgan fingerprint density at radius 2 is 1.30 bits per heavy atom. The van der Waals surface area contributed by atoms with Crippen LogP contribution in [0.5, 0.6) is 5.75 Å². The summed E-state index contributed by atoms with van der Waals surface area (Å²) in [6, 6.07) is 8.71. The number of hydrogen-bond donors (Lipinski definition) is 1. The first-order valence-corrected chi connectivity index (χ1v) is 2.13. The number of hydrogen-bond acceptors (Lipinski definition) is 1. The van der Waals surface area contributed by atoms with E-state index in [-0.39, 0.29) is 41.9 Å². The predicted molar refractivity (Wildman–Crippen MR) is 42.6 cm³/mol. The van der Waals surface area contributed by atoms with Crippen LogP contribution in [0, 0.1) is 0 Å². The van der Waals surface area contributed by atoms with Crippen LogP contribution in [0.4, 0.5) is 0 Å². The molecule has 0 atom stereocenters. The van der Waals surface area contributed by atoms with Crippen molar-refractivity contribution in [2.24, 2.45) is 0 Å². The molecule has 60 valence electrons. The van der Waals surface area contributed by atoms with E-state index >= 15 is 0 Å². The summed E-state index contributed by atoms with van der Waals surface area (Å²) in [6.45, 7) is 0. The normalized spacial score (nSPS) is 6.00. The third-order valence-electron chi connectivity index (χ3n) is 0.756. The van der Waals surface area contributed by atoms with Crippen molar-refractivity contribution in [3.8, 4) is 5.75 Å². The molecule has 0 heterocycles. The summed E-state index contributed by atoms with van der Waals surface area (Å²) < 4.78 is 0. The third-order valence-corrected chi connectivity index (χ3v) is 0.756. The molecule has 1 N–H and O–H groups in total. The van der Waals surface area contributed by atoms with Crippen LogP contribution in [0.1, 0.15) is 0 Å². The zero-order valence-corrected chi connectivity index (χ0v) is 7.74. The fraction of sp³-hybridized carbons (Fsp3) is 0. The maximum absolute atomic E-state index is 8.63. The largest absolute Gasteiger partial charge is 0.508 e. The van der Waals surface area contributed by atoms with Gasteiger partial charge in [0.15, 0.2) is 0 Å². The maximum atomic E-state index is 8.63. The van der Waals surface area contributed by atoms with Gasteiger partial charge in [-0.25, -0.2) is 0 Å². The molecule has 0 aromatic heterocycles. The van der Waals surface area contributed by atoms with E-state index in [1.165, 1.54) is 0 Å². The topological polar surface area (TPSA) is 20.2 Å². The third kappa shape index (κ3) is 6.24. The molecule has 0 unspecified atom stereocenters. The molecule has 0 saturated heterocycles. The Morgan fingerprint density at radius 1 is 0.900 bits per heavy atom. The van der Waals surface area contributed by atoms with Gasteiger partial charge >= 0.3 is 0 Å². The number of phenolic OH excluding ortho intramolecular Hbond substituents is 1. The second-order valence-corrected chi connectivity index (χ2v) is 1.34. The molecule has 10 heavy (non-hydrogen) atoms. The Balaban J connectivity index is -0.000000163. The van der Waals surface area contributed by atoms with Crippen molar-refractivity contribution in [2.45, 2.75) is 0 Å². The minimum absolute atomic E-state index is 0. The number of phenols is 1. The first kappa shape index (κ1) is 16.6. The fourth-order valence-electron chi connectivity index (χ4n) is 0.428. The van der Waals surface area contributed by atoms with E-state index in [0.29, 0.717) is 5.75 Å².